The van der Waals surface area contributed by atoms with E-state index in [9.17, 15) is 4.79 Å². The zero-order valence-corrected chi connectivity index (χ0v) is 20.0. The molecule has 0 unspecified atom stereocenters. The van der Waals surface area contributed by atoms with E-state index in [0.717, 1.165) is 22.0 Å². The molecule has 1 saturated heterocycles. The first-order chi connectivity index (χ1) is 13.8. The third-order valence-corrected chi connectivity index (χ3v) is 5.93. The van der Waals surface area contributed by atoms with Gasteiger partial charge in [-0.3, -0.25) is 14.7 Å². The molecule has 1 amide bonds. The Hall–Kier alpha value is -1.80. The van der Waals surface area contributed by atoms with Gasteiger partial charge in [0.1, 0.15) is 12.4 Å². The van der Waals surface area contributed by atoms with Crippen LogP contribution in [0.25, 0.3) is 6.08 Å². The van der Waals surface area contributed by atoms with E-state index < -0.39 is 0 Å². The number of thioether (sulfide) groups is 1. The third-order valence-electron chi connectivity index (χ3n) is 4.22. The van der Waals surface area contributed by atoms with Crippen molar-refractivity contribution in [1.29, 1.82) is 0 Å². The number of halogens is 1. The number of amides is 1. The number of carbonyl (C=O) groups is 1. The number of amidine groups is 1. The lowest BCUT2D eigenvalue weighted by Crippen LogP contribution is -2.35. The van der Waals surface area contributed by atoms with Crippen LogP contribution in [0.3, 0.4) is 0 Å². The summed E-state index contributed by atoms with van der Waals surface area (Å²) in [4.78, 5) is 19.9. The number of hydrogen-bond donors (Lipinski definition) is 0. The maximum atomic E-state index is 12.8. The van der Waals surface area contributed by atoms with E-state index >= 15 is 0 Å². The standard InChI is InChI=1S/C23H25IN2O2S/c1-15(2)25-23-26(16(3)4)22(27)21(29-23)13-17-7-11-20(12-8-17)28-14-18-5-9-19(24)10-6-18/h5-13,15-16H,14H2,1-4H3/b21-13+,25-23?. The Labute approximate surface area is 190 Å². The molecule has 1 fully saturated rings. The molecule has 2 aromatic carbocycles. The zero-order chi connectivity index (χ0) is 21.0. The Morgan fingerprint density at radius 2 is 1.72 bits per heavy atom. The number of hydrogen-bond acceptors (Lipinski definition) is 4. The van der Waals surface area contributed by atoms with Crippen molar-refractivity contribution in [2.45, 2.75) is 46.4 Å². The van der Waals surface area contributed by atoms with Crippen LogP contribution in [0, 0.1) is 3.57 Å². The highest BCUT2D eigenvalue weighted by Gasteiger charge is 2.35. The van der Waals surface area contributed by atoms with Gasteiger partial charge in [-0.15, -0.1) is 0 Å². The predicted molar refractivity (Wildman–Crippen MR) is 130 cm³/mol. The van der Waals surface area contributed by atoms with Gasteiger partial charge in [0.2, 0.25) is 0 Å². The van der Waals surface area contributed by atoms with Crippen LogP contribution in [-0.4, -0.2) is 28.1 Å². The molecule has 4 nitrogen and oxygen atoms in total. The number of benzene rings is 2. The van der Waals surface area contributed by atoms with Crippen LogP contribution >= 0.6 is 34.4 Å². The third kappa shape index (κ3) is 5.85. The second-order valence-electron chi connectivity index (χ2n) is 7.37. The van der Waals surface area contributed by atoms with Gasteiger partial charge in [-0.1, -0.05) is 24.3 Å². The van der Waals surface area contributed by atoms with Crippen molar-refractivity contribution in [1.82, 2.24) is 4.90 Å². The molecule has 0 aromatic heterocycles. The van der Waals surface area contributed by atoms with Crippen LogP contribution in [-0.2, 0) is 11.4 Å². The van der Waals surface area contributed by atoms with Gasteiger partial charge in [-0.05, 0) is 104 Å². The number of ether oxygens (including phenoxy) is 1. The van der Waals surface area contributed by atoms with Crippen LogP contribution in [0.2, 0.25) is 0 Å². The number of nitrogens with zero attached hydrogens (tertiary/aromatic N) is 2. The molecule has 152 valence electrons. The highest BCUT2D eigenvalue weighted by atomic mass is 127. The van der Waals surface area contributed by atoms with E-state index in [2.05, 4.69) is 51.8 Å². The monoisotopic (exact) mass is 520 g/mol. The van der Waals surface area contributed by atoms with Crippen LogP contribution in [0.15, 0.2) is 58.4 Å². The number of rotatable bonds is 6. The molecule has 0 saturated carbocycles. The average Bonchev–Trinajstić information content (AvgIpc) is 2.97. The summed E-state index contributed by atoms with van der Waals surface area (Å²) in [6.07, 6.45) is 1.92. The van der Waals surface area contributed by atoms with E-state index in [-0.39, 0.29) is 18.0 Å². The molecule has 1 aliphatic heterocycles. The summed E-state index contributed by atoms with van der Waals surface area (Å²) in [5, 5.41) is 0.781. The molecule has 0 bridgehead atoms. The van der Waals surface area contributed by atoms with Gasteiger partial charge in [0.05, 0.1) is 4.91 Å². The molecule has 0 radical (unpaired) electrons. The first-order valence-electron chi connectivity index (χ1n) is 9.61. The average molecular weight is 520 g/mol. The number of aliphatic imine (C=N–C) groups is 1. The largest absolute Gasteiger partial charge is 0.489 e. The molecule has 2 aromatic rings. The highest BCUT2D eigenvalue weighted by molar-refractivity contribution is 14.1. The summed E-state index contributed by atoms with van der Waals surface area (Å²) in [7, 11) is 0. The molecule has 0 atom stereocenters. The van der Waals surface area contributed by atoms with E-state index in [1.165, 1.54) is 15.3 Å². The van der Waals surface area contributed by atoms with Gasteiger partial charge in [-0.2, -0.15) is 0 Å². The van der Waals surface area contributed by atoms with Crippen molar-refractivity contribution in [3.63, 3.8) is 0 Å². The van der Waals surface area contributed by atoms with Crippen molar-refractivity contribution in [3.8, 4) is 5.75 Å². The smallest absolute Gasteiger partial charge is 0.266 e. The Kier molecular flexibility index (Phi) is 7.40. The second kappa shape index (κ2) is 9.80. The molecular weight excluding hydrogens is 495 g/mol. The summed E-state index contributed by atoms with van der Waals surface area (Å²) in [5.41, 5.74) is 2.10. The lowest BCUT2D eigenvalue weighted by Gasteiger charge is -2.20. The fourth-order valence-electron chi connectivity index (χ4n) is 2.81. The van der Waals surface area contributed by atoms with Gasteiger partial charge in [0, 0.05) is 15.7 Å². The fourth-order valence-corrected chi connectivity index (χ4v) is 4.40. The van der Waals surface area contributed by atoms with Crippen molar-refractivity contribution >= 4 is 51.5 Å². The van der Waals surface area contributed by atoms with Crippen LogP contribution < -0.4 is 4.74 Å². The van der Waals surface area contributed by atoms with Crippen LogP contribution in [0.1, 0.15) is 38.8 Å². The van der Waals surface area contributed by atoms with E-state index in [4.69, 9.17) is 4.74 Å². The SMILES string of the molecule is CC(C)N=C1S/C(=C/c2ccc(OCc3ccc(I)cc3)cc2)C(=O)N1C(C)C. The maximum Gasteiger partial charge on any atom is 0.266 e. The Morgan fingerprint density at radius 3 is 2.31 bits per heavy atom. The maximum absolute atomic E-state index is 12.8. The minimum absolute atomic E-state index is 0.0171. The summed E-state index contributed by atoms with van der Waals surface area (Å²) < 4.78 is 7.07. The highest BCUT2D eigenvalue weighted by Crippen LogP contribution is 2.34. The van der Waals surface area contributed by atoms with E-state index in [1.54, 1.807) is 4.90 Å². The molecule has 1 heterocycles. The Bertz CT molecular complexity index is 919. The van der Waals surface area contributed by atoms with Gasteiger partial charge in [0.15, 0.2) is 5.17 Å². The summed E-state index contributed by atoms with van der Waals surface area (Å²) >= 11 is 3.74. The molecule has 6 heteroatoms. The fraction of sp³-hybridized carbons (Fsp3) is 0.304. The molecule has 29 heavy (non-hydrogen) atoms. The Balaban J connectivity index is 1.70. The minimum atomic E-state index is 0.0171. The van der Waals surface area contributed by atoms with Gasteiger partial charge in [-0.25, -0.2) is 0 Å². The van der Waals surface area contributed by atoms with Crippen molar-refractivity contribution in [3.05, 3.63) is 68.1 Å². The summed E-state index contributed by atoms with van der Waals surface area (Å²) in [5.74, 6) is 0.824. The van der Waals surface area contributed by atoms with E-state index in [0.29, 0.717) is 11.5 Å². The van der Waals surface area contributed by atoms with E-state index in [1.807, 2.05) is 58.0 Å². The van der Waals surface area contributed by atoms with Crippen LogP contribution in [0.5, 0.6) is 5.75 Å². The quantitative estimate of drug-likeness (QED) is 0.349. The molecule has 1 aliphatic rings. The first kappa shape index (κ1) is 21.9. The topological polar surface area (TPSA) is 41.9 Å². The first-order valence-corrected chi connectivity index (χ1v) is 11.5. The molecule has 3 rings (SSSR count). The molecular formula is C23H25IN2O2S. The lowest BCUT2D eigenvalue weighted by atomic mass is 10.2. The normalized spacial score (nSPS) is 17.2. The molecule has 0 N–H and O–H groups in total. The van der Waals surface area contributed by atoms with Crippen LogP contribution in [0.4, 0.5) is 0 Å². The van der Waals surface area contributed by atoms with Crippen molar-refractivity contribution in [2.75, 3.05) is 0 Å². The summed E-state index contributed by atoms with van der Waals surface area (Å²) in [6, 6.07) is 16.3. The predicted octanol–water partition coefficient (Wildman–Crippen LogP) is 5.96. The molecule has 0 spiro atoms. The van der Waals surface area contributed by atoms with Gasteiger partial charge < -0.3 is 4.74 Å². The lowest BCUT2D eigenvalue weighted by molar-refractivity contribution is -0.123. The minimum Gasteiger partial charge on any atom is -0.489 e. The number of carbonyl (C=O) groups excluding carboxylic acids is 1. The van der Waals surface area contributed by atoms with Gasteiger partial charge >= 0.3 is 0 Å². The second-order valence-corrected chi connectivity index (χ2v) is 9.62. The van der Waals surface area contributed by atoms with Gasteiger partial charge in [0.25, 0.3) is 5.91 Å². The van der Waals surface area contributed by atoms with Crippen molar-refractivity contribution in [2.24, 2.45) is 4.99 Å². The molecule has 0 aliphatic carbocycles. The van der Waals surface area contributed by atoms with Crippen molar-refractivity contribution < 1.29 is 9.53 Å². The Morgan fingerprint density at radius 1 is 1.07 bits per heavy atom. The zero-order valence-electron chi connectivity index (χ0n) is 17.1. The summed E-state index contributed by atoms with van der Waals surface area (Å²) in [6.45, 7) is 8.60.